The van der Waals surface area contributed by atoms with Crippen molar-refractivity contribution in [2.45, 2.75) is 32.2 Å². The minimum atomic E-state index is -1.58. The van der Waals surface area contributed by atoms with Gasteiger partial charge in [0.05, 0.1) is 0 Å². The zero-order chi connectivity index (χ0) is 18.1. The van der Waals surface area contributed by atoms with E-state index in [1.165, 1.54) is 4.90 Å². The van der Waals surface area contributed by atoms with Crippen molar-refractivity contribution in [1.82, 2.24) is 19.7 Å². The predicted octanol–water partition coefficient (Wildman–Crippen LogP) is 3.40. The van der Waals surface area contributed by atoms with Crippen LogP contribution in [0.3, 0.4) is 0 Å². The van der Waals surface area contributed by atoms with Crippen LogP contribution in [0.5, 0.6) is 0 Å². The van der Waals surface area contributed by atoms with E-state index < -0.39 is 23.4 Å². The van der Waals surface area contributed by atoms with Crippen LogP contribution in [0.4, 0.5) is 13.2 Å². The molecule has 1 saturated heterocycles. The topological polar surface area (TPSA) is 53.9 Å². The van der Waals surface area contributed by atoms with Crippen molar-refractivity contribution in [3.8, 4) is 0 Å². The van der Waals surface area contributed by atoms with E-state index in [1.807, 2.05) is 11.5 Å². The van der Waals surface area contributed by atoms with Gasteiger partial charge in [-0.25, -0.2) is 13.2 Å². The number of aromatic nitrogens is 3. The summed E-state index contributed by atoms with van der Waals surface area (Å²) in [6.45, 7) is 3.43. The number of aromatic amines is 1. The first kappa shape index (κ1) is 17.7. The minimum Gasteiger partial charge on any atom is -0.338 e. The number of hydrogen-bond acceptors (Lipinski definition) is 3. The monoisotopic (exact) mass is 370 g/mol. The summed E-state index contributed by atoms with van der Waals surface area (Å²) in [5, 5.41) is 7.01. The summed E-state index contributed by atoms with van der Waals surface area (Å²) in [7, 11) is 0. The van der Waals surface area contributed by atoms with E-state index in [4.69, 9.17) is 12.2 Å². The summed E-state index contributed by atoms with van der Waals surface area (Å²) in [4.78, 5) is 14.1. The molecule has 1 amide bonds. The van der Waals surface area contributed by atoms with Crippen LogP contribution in [0, 0.1) is 22.2 Å². The van der Waals surface area contributed by atoms with Crippen molar-refractivity contribution in [2.75, 3.05) is 13.1 Å². The van der Waals surface area contributed by atoms with Crippen LogP contribution < -0.4 is 0 Å². The maximum atomic E-state index is 13.4. The Morgan fingerprint density at radius 1 is 1.36 bits per heavy atom. The van der Waals surface area contributed by atoms with Crippen molar-refractivity contribution in [3.05, 3.63) is 45.7 Å². The summed E-state index contributed by atoms with van der Waals surface area (Å²) in [6.07, 6.45) is 1.56. The number of benzene rings is 1. The molecule has 0 saturated carbocycles. The van der Waals surface area contributed by atoms with Gasteiger partial charge in [0.25, 0.3) is 5.91 Å². The molecular weight excluding hydrogens is 353 g/mol. The number of nitrogens with one attached hydrogen (secondary N) is 1. The molecule has 1 aromatic carbocycles. The second-order valence-corrected chi connectivity index (χ2v) is 6.36. The second-order valence-electron chi connectivity index (χ2n) is 5.98. The van der Waals surface area contributed by atoms with Crippen LogP contribution in [0.1, 0.15) is 41.9 Å². The SMILES string of the molecule is CCn1c(C2CCCN(C(=O)c3cc(F)c(F)c(F)c3)C2)n[nH]c1=S. The molecule has 0 aliphatic carbocycles. The smallest absolute Gasteiger partial charge is 0.254 e. The lowest BCUT2D eigenvalue weighted by atomic mass is 9.96. The largest absolute Gasteiger partial charge is 0.338 e. The van der Waals surface area contributed by atoms with Crippen molar-refractivity contribution >= 4 is 18.1 Å². The van der Waals surface area contributed by atoms with E-state index in [9.17, 15) is 18.0 Å². The molecule has 1 unspecified atom stereocenters. The number of carbonyl (C=O) groups excluding carboxylic acids is 1. The fourth-order valence-corrected chi connectivity index (χ4v) is 3.45. The molecule has 1 aromatic heterocycles. The molecule has 1 atom stereocenters. The third kappa shape index (κ3) is 3.33. The molecular formula is C16H17F3N4OS. The minimum absolute atomic E-state index is 0.0271. The summed E-state index contributed by atoms with van der Waals surface area (Å²) in [6, 6.07) is 1.46. The van der Waals surface area contributed by atoms with Crippen molar-refractivity contribution in [2.24, 2.45) is 0 Å². The number of carbonyl (C=O) groups is 1. The molecule has 1 fully saturated rings. The normalized spacial score (nSPS) is 17.8. The Morgan fingerprint density at radius 3 is 2.68 bits per heavy atom. The molecule has 0 bridgehead atoms. The molecule has 0 radical (unpaired) electrons. The quantitative estimate of drug-likeness (QED) is 0.666. The molecule has 3 rings (SSSR count). The first-order chi connectivity index (χ1) is 11.9. The highest BCUT2D eigenvalue weighted by molar-refractivity contribution is 7.71. The van der Waals surface area contributed by atoms with Crippen LogP contribution in [-0.4, -0.2) is 38.7 Å². The van der Waals surface area contributed by atoms with Crippen LogP contribution >= 0.6 is 12.2 Å². The Bertz CT molecular complexity index is 840. The van der Waals surface area contributed by atoms with Gasteiger partial charge in [0.1, 0.15) is 5.82 Å². The average Bonchev–Trinajstić information content (AvgIpc) is 2.99. The molecule has 25 heavy (non-hydrogen) atoms. The number of amides is 1. The Hall–Kier alpha value is -2.16. The number of nitrogens with zero attached hydrogens (tertiary/aromatic N) is 3. The lowest BCUT2D eigenvalue weighted by Crippen LogP contribution is -2.40. The molecule has 2 aromatic rings. The Balaban J connectivity index is 1.84. The van der Waals surface area contributed by atoms with E-state index in [0.29, 0.717) is 24.4 Å². The van der Waals surface area contributed by atoms with Gasteiger partial charge in [-0.1, -0.05) is 0 Å². The van der Waals surface area contributed by atoms with Gasteiger partial charge >= 0.3 is 0 Å². The number of H-pyrrole nitrogens is 1. The zero-order valence-corrected chi connectivity index (χ0v) is 14.4. The van der Waals surface area contributed by atoms with Gasteiger partial charge in [-0.15, -0.1) is 0 Å². The number of rotatable bonds is 3. The fourth-order valence-electron chi connectivity index (χ4n) is 3.18. The summed E-state index contributed by atoms with van der Waals surface area (Å²) in [5.41, 5.74) is -0.202. The van der Waals surface area contributed by atoms with E-state index >= 15 is 0 Å². The van der Waals surface area contributed by atoms with Gasteiger partial charge in [-0.2, -0.15) is 5.10 Å². The van der Waals surface area contributed by atoms with Gasteiger partial charge in [0, 0.05) is 31.1 Å². The Morgan fingerprint density at radius 2 is 2.04 bits per heavy atom. The molecule has 1 aliphatic heterocycles. The Labute approximate surface area is 147 Å². The lowest BCUT2D eigenvalue weighted by molar-refractivity contribution is 0.0702. The van der Waals surface area contributed by atoms with Gasteiger partial charge < -0.3 is 9.47 Å². The first-order valence-electron chi connectivity index (χ1n) is 8.01. The molecule has 0 spiro atoms. The summed E-state index contributed by atoms with van der Waals surface area (Å²) in [5.74, 6) is -4.11. The molecule has 134 valence electrons. The highest BCUT2D eigenvalue weighted by Gasteiger charge is 2.29. The zero-order valence-electron chi connectivity index (χ0n) is 13.6. The van der Waals surface area contributed by atoms with Crippen molar-refractivity contribution in [3.63, 3.8) is 0 Å². The number of hydrogen-bond donors (Lipinski definition) is 1. The highest BCUT2D eigenvalue weighted by Crippen LogP contribution is 2.27. The van der Waals surface area contributed by atoms with E-state index in [2.05, 4.69) is 10.2 Å². The van der Waals surface area contributed by atoms with Gasteiger partial charge in [-0.05, 0) is 44.1 Å². The molecule has 9 heteroatoms. The average molecular weight is 370 g/mol. The van der Waals surface area contributed by atoms with Crippen molar-refractivity contribution < 1.29 is 18.0 Å². The maximum absolute atomic E-state index is 13.4. The summed E-state index contributed by atoms with van der Waals surface area (Å²) >= 11 is 5.19. The van der Waals surface area contributed by atoms with Gasteiger partial charge in [0.15, 0.2) is 22.2 Å². The highest BCUT2D eigenvalue weighted by atomic mass is 32.1. The second kappa shape index (κ2) is 6.99. The molecule has 1 N–H and O–H groups in total. The van der Waals surface area contributed by atoms with Crippen LogP contribution in [0.25, 0.3) is 0 Å². The third-order valence-electron chi connectivity index (χ3n) is 4.41. The number of halogens is 3. The van der Waals surface area contributed by atoms with Crippen LogP contribution in [0.15, 0.2) is 12.1 Å². The molecule has 2 heterocycles. The lowest BCUT2D eigenvalue weighted by Gasteiger charge is -2.32. The molecule has 5 nitrogen and oxygen atoms in total. The standard InChI is InChI=1S/C16H17F3N4OS/c1-2-23-14(20-21-16(23)25)9-4-3-5-22(8-9)15(24)10-6-11(17)13(19)12(18)7-10/h6-7,9H,2-5,8H2,1H3,(H,21,25). The number of piperidine rings is 1. The van der Waals surface area contributed by atoms with Gasteiger partial charge in [0.2, 0.25) is 0 Å². The van der Waals surface area contributed by atoms with E-state index in [0.717, 1.165) is 30.8 Å². The van der Waals surface area contributed by atoms with Crippen LogP contribution in [-0.2, 0) is 6.54 Å². The predicted molar refractivity (Wildman–Crippen MR) is 87.3 cm³/mol. The van der Waals surface area contributed by atoms with Gasteiger partial charge in [-0.3, -0.25) is 9.89 Å². The van der Waals surface area contributed by atoms with Crippen molar-refractivity contribution in [1.29, 1.82) is 0 Å². The third-order valence-corrected chi connectivity index (χ3v) is 4.72. The fraction of sp³-hybridized carbons (Fsp3) is 0.438. The van der Waals surface area contributed by atoms with E-state index in [1.54, 1.807) is 0 Å². The molecule has 1 aliphatic rings. The Kier molecular flexibility index (Phi) is 4.94. The number of likely N-dealkylation sites (tertiary alicyclic amines) is 1. The maximum Gasteiger partial charge on any atom is 0.254 e. The van der Waals surface area contributed by atoms with E-state index in [-0.39, 0.29) is 11.5 Å². The van der Waals surface area contributed by atoms with Crippen LogP contribution in [0.2, 0.25) is 0 Å². The first-order valence-corrected chi connectivity index (χ1v) is 8.42. The summed E-state index contributed by atoms with van der Waals surface area (Å²) < 4.78 is 42.3.